The summed E-state index contributed by atoms with van der Waals surface area (Å²) >= 11 is 0. The van der Waals surface area contributed by atoms with Crippen LogP contribution in [0.5, 0.6) is 0 Å². The lowest BCUT2D eigenvalue weighted by atomic mass is 10.0. The molecule has 0 spiro atoms. The second-order valence-electron chi connectivity index (χ2n) is 7.83. The monoisotopic (exact) mass is 464 g/mol. The molecule has 0 aliphatic heterocycles. The molecular weight excluding hydrogens is 432 g/mol. The fourth-order valence-electron chi connectivity index (χ4n) is 3.31. The molecule has 0 saturated carbocycles. The summed E-state index contributed by atoms with van der Waals surface area (Å²) in [5.74, 6) is -0.432. The molecule has 1 atom stereocenters. The van der Waals surface area contributed by atoms with Gasteiger partial charge in [0.15, 0.2) is 0 Å². The van der Waals surface area contributed by atoms with E-state index >= 15 is 0 Å². The van der Waals surface area contributed by atoms with Crippen molar-refractivity contribution >= 4 is 21.8 Å². The first kappa shape index (κ1) is 25.5. The van der Waals surface area contributed by atoms with E-state index in [-0.39, 0.29) is 28.8 Å². The third-order valence-electron chi connectivity index (χ3n) is 5.30. The molecule has 32 heavy (non-hydrogen) atoms. The molecule has 0 radical (unpaired) electrons. The first-order chi connectivity index (χ1) is 15.0. The third-order valence-corrected chi connectivity index (χ3v) is 7.34. The minimum Gasteiger partial charge on any atom is -0.361 e. The van der Waals surface area contributed by atoms with E-state index in [2.05, 4.69) is 15.8 Å². The molecule has 0 bridgehead atoms. The molecule has 0 fully saturated rings. The van der Waals surface area contributed by atoms with Gasteiger partial charge in [-0.2, -0.15) is 4.31 Å². The zero-order chi connectivity index (χ0) is 24.1. The Hall–Kier alpha value is -2.72. The second-order valence-corrected chi connectivity index (χ2v) is 9.77. The lowest BCUT2D eigenvalue weighted by Crippen LogP contribution is -2.49. The van der Waals surface area contributed by atoms with Crippen LogP contribution in [0.15, 0.2) is 33.7 Å². The highest BCUT2D eigenvalue weighted by molar-refractivity contribution is 7.89. The Morgan fingerprint density at radius 2 is 1.81 bits per heavy atom. The number of rotatable bonds is 10. The first-order valence-electron chi connectivity index (χ1n) is 10.6. The number of nitrogens with zero attached hydrogens (tertiary/aromatic N) is 2. The molecule has 0 saturated heterocycles. The van der Waals surface area contributed by atoms with Crippen molar-refractivity contribution in [3.05, 3.63) is 46.8 Å². The number of aryl methyl sites for hydroxylation is 2. The predicted octanol–water partition coefficient (Wildman–Crippen LogP) is 2.39. The van der Waals surface area contributed by atoms with E-state index in [1.165, 1.54) is 28.6 Å². The summed E-state index contributed by atoms with van der Waals surface area (Å²) in [4.78, 5) is 25.7. The Bertz CT molecular complexity index is 1040. The van der Waals surface area contributed by atoms with Gasteiger partial charge in [0.2, 0.25) is 15.9 Å². The Labute approximate surface area is 189 Å². The summed E-state index contributed by atoms with van der Waals surface area (Å²) in [5.41, 5.74) is 1.66. The quantitative estimate of drug-likeness (QED) is 0.557. The van der Waals surface area contributed by atoms with Gasteiger partial charge in [-0.1, -0.05) is 38.9 Å². The van der Waals surface area contributed by atoms with Crippen molar-refractivity contribution in [2.75, 3.05) is 13.1 Å². The largest absolute Gasteiger partial charge is 0.361 e. The smallest absolute Gasteiger partial charge is 0.251 e. The van der Waals surface area contributed by atoms with Gasteiger partial charge in [-0.3, -0.25) is 9.59 Å². The number of hydrogen-bond donors (Lipinski definition) is 2. The molecule has 1 aromatic carbocycles. The van der Waals surface area contributed by atoms with Gasteiger partial charge in [0.05, 0.1) is 10.6 Å². The summed E-state index contributed by atoms with van der Waals surface area (Å²) in [6.45, 7) is 11.6. The van der Waals surface area contributed by atoms with Gasteiger partial charge in [-0.15, -0.1) is 0 Å². The van der Waals surface area contributed by atoms with Crippen LogP contribution in [0, 0.1) is 19.8 Å². The van der Waals surface area contributed by atoms with E-state index in [4.69, 9.17) is 4.52 Å². The maximum absolute atomic E-state index is 12.9. The maximum atomic E-state index is 12.9. The lowest BCUT2D eigenvalue weighted by molar-refractivity contribution is -0.124. The minimum absolute atomic E-state index is 0.0396. The van der Waals surface area contributed by atoms with Crippen LogP contribution < -0.4 is 10.6 Å². The van der Waals surface area contributed by atoms with E-state index in [1.807, 2.05) is 13.8 Å². The van der Waals surface area contributed by atoms with Crippen LogP contribution in [0.2, 0.25) is 0 Å². The molecule has 2 amide bonds. The normalized spacial score (nSPS) is 12.8. The van der Waals surface area contributed by atoms with Gasteiger partial charge in [0.25, 0.3) is 5.91 Å². The van der Waals surface area contributed by atoms with Gasteiger partial charge in [-0.25, -0.2) is 8.42 Å². The topological polar surface area (TPSA) is 122 Å². The van der Waals surface area contributed by atoms with Crippen molar-refractivity contribution in [2.24, 2.45) is 5.92 Å². The Morgan fingerprint density at radius 1 is 1.16 bits per heavy atom. The highest BCUT2D eigenvalue weighted by Crippen LogP contribution is 2.18. The van der Waals surface area contributed by atoms with Gasteiger partial charge in [0, 0.05) is 30.8 Å². The highest BCUT2D eigenvalue weighted by Gasteiger charge is 2.27. The number of nitrogens with one attached hydrogen (secondary N) is 2. The summed E-state index contributed by atoms with van der Waals surface area (Å²) < 4.78 is 32.0. The van der Waals surface area contributed by atoms with Gasteiger partial charge in [0.1, 0.15) is 11.8 Å². The standard InChI is InChI=1S/C22H32N4O5S/c1-7-26(8-2)32(29,30)18-11-9-10-17(12-18)21(27)24-20(14(3)4)22(28)23-13-19-15(5)25-31-16(19)6/h9-12,14,20H,7-8,13H2,1-6H3,(H,23,28)(H,24,27). The summed E-state index contributed by atoms with van der Waals surface area (Å²) in [5, 5.41) is 9.41. The summed E-state index contributed by atoms with van der Waals surface area (Å²) in [6, 6.07) is 5.04. The van der Waals surface area contributed by atoms with Crippen LogP contribution in [0.4, 0.5) is 0 Å². The van der Waals surface area contributed by atoms with Gasteiger partial charge < -0.3 is 15.2 Å². The van der Waals surface area contributed by atoms with Crippen LogP contribution in [0.3, 0.4) is 0 Å². The lowest BCUT2D eigenvalue weighted by Gasteiger charge is -2.22. The van der Waals surface area contributed by atoms with Crippen molar-refractivity contribution in [1.82, 2.24) is 20.1 Å². The van der Waals surface area contributed by atoms with Gasteiger partial charge in [-0.05, 0) is 38.0 Å². The zero-order valence-electron chi connectivity index (χ0n) is 19.4. The molecule has 176 valence electrons. The van der Waals surface area contributed by atoms with Crippen molar-refractivity contribution in [1.29, 1.82) is 0 Å². The molecule has 1 heterocycles. The molecule has 2 N–H and O–H groups in total. The number of carbonyl (C=O) groups excluding carboxylic acids is 2. The molecule has 2 rings (SSSR count). The average Bonchev–Trinajstić information content (AvgIpc) is 3.07. The number of carbonyl (C=O) groups is 2. The fourth-order valence-corrected chi connectivity index (χ4v) is 4.81. The minimum atomic E-state index is -3.70. The summed E-state index contributed by atoms with van der Waals surface area (Å²) in [7, 11) is -3.70. The van der Waals surface area contributed by atoms with Crippen LogP contribution in [0.25, 0.3) is 0 Å². The fraction of sp³-hybridized carbons (Fsp3) is 0.500. The van der Waals surface area contributed by atoms with E-state index in [0.717, 1.165) is 5.56 Å². The van der Waals surface area contributed by atoms with Crippen molar-refractivity contribution < 1.29 is 22.5 Å². The first-order valence-corrected chi connectivity index (χ1v) is 12.1. The number of aromatic nitrogens is 1. The Morgan fingerprint density at radius 3 is 2.34 bits per heavy atom. The number of amides is 2. The molecule has 1 aromatic heterocycles. The van der Waals surface area contributed by atoms with E-state index in [1.54, 1.807) is 27.7 Å². The van der Waals surface area contributed by atoms with Crippen LogP contribution >= 0.6 is 0 Å². The predicted molar refractivity (Wildman–Crippen MR) is 120 cm³/mol. The van der Waals surface area contributed by atoms with Crippen molar-refractivity contribution in [2.45, 2.75) is 59.0 Å². The highest BCUT2D eigenvalue weighted by atomic mass is 32.2. The number of benzene rings is 1. The molecule has 2 aromatic rings. The number of hydrogen-bond acceptors (Lipinski definition) is 6. The molecule has 0 aliphatic carbocycles. The molecule has 0 aliphatic rings. The maximum Gasteiger partial charge on any atom is 0.251 e. The molecular formula is C22H32N4O5S. The Kier molecular flexibility index (Phi) is 8.57. The third kappa shape index (κ3) is 5.74. The van der Waals surface area contributed by atoms with E-state index < -0.39 is 22.0 Å². The van der Waals surface area contributed by atoms with Crippen molar-refractivity contribution in [3.63, 3.8) is 0 Å². The average molecular weight is 465 g/mol. The second kappa shape index (κ2) is 10.7. The Balaban J connectivity index is 2.17. The molecule has 1 unspecified atom stereocenters. The number of sulfonamides is 1. The molecule has 10 heteroatoms. The summed E-state index contributed by atoms with van der Waals surface area (Å²) in [6.07, 6.45) is 0. The van der Waals surface area contributed by atoms with Crippen LogP contribution in [-0.4, -0.2) is 48.8 Å². The zero-order valence-corrected chi connectivity index (χ0v) is 20.2. The molecule has 9 nitrogen and oxygen atoms in total. The van der Waals surface area contributed by atoms with E-state index in [9.17, 15) is 18.0 Å². The SMILES string of the molecule is CCN(CC)S(=O)(=O)c1cccc(C(=O)NC(C(=O)NCc2c(C)noc2C)C(C)C)c1. The van der Waals surface area contributed by atoms with Crippen LogP contribution in [0.1, 0.15) is 55.1 Å². The van der Waals surface area contributed by atoms with Crippen molar-refractivity contribution in [3.8, 4) is 0 Å². The van der Waals surface area contributed by atoms with Crippen LogP contribution in [-0.2, 0) is 21.4 Å². The van der Waals surface area contributed by atoms with E-state index in [0.29, 0.717) is 24.5 Å². The van der Waals surface area contributed by atoms with Gasteiger partial charge >= 0.3 is 0 Å².